The van der Waals surface area contributed by atoms with Gasteiger partial charge in [0.15, 0.2) is 0 Å². The van der Waals surface area contributed by atoms with E-state index in [1.165, 1.54) is 12.1 Å². The molecule has 2 rings (SSSR count). The summed E-state index contributed by atoms with van der Waals surface area (Å²) in [6.45, 7) is 3.79. The number of nitrogens with zero attached hydrogens (tertiary/aromatic N) is 1. The van der Waals surface area contributed by atoms with Gasteiger partial charge in [-0.3, -0.25) is 4.90 Å². The van der Waals surface area contributed by atoms with Gasteiger partial charge in [0.1, 0.15) is 11.6 Å². The van der Waals surface area contributed by atoms with Gasteiger partial charge in [0, 0.05) is 17.5 Å². The summed E-state index contributed by atoms with van der Waals surface area (Å²) < 4.78 is 28.0. The van der Waals surface area contributed by atoms with Gasteiger partial charge >= 0.3 is 0 Å². The van der Waals surface area contributed by atoms with E-state index in [0.29, 0.717) is 9.46 Å². The number of likely N-dealkylation sites (tertiary alicyclic amines) is 1. The highest BCUT2D eigenvalue weighted by Crippen LogP contribution is 2.32. The molecule has 2 nitrogen and oxygen atoms in total. The first-order valence-electron chi connectivity index (χ1n) is 6.48. The third kappa shape index (κ3) is 3.18. The predicted molar refractivity (Wildman–Crippen MR) is 83.5 cm³/mol. The van der Waals surface area contributed by atoms with Crippen molar-refractivity contribution in [3.8, 4) is 0 Å². The molecule has 1 fully saturated rings. The van der Waals surface area contributed by atoms with Crippen molar-refractivity contribution in [2.75, 3.05) is 13.1 Å². The molecule has 0 amide bonds. The van der Waals surface area contributed by atoms with Crippen molar-refractivity contribution in [1.82, 2.24) is 4.90 Å². The van der Waals surface area contributed by atoms with Crippen LogP contribution in [0.25, 0.3) is 0 Å². The molecule has 1 aliphatic heterocycles. The summed E-state index contributed by atoms with van der Waals surface area (Å²) in [5.74, 6) is -1.03. The maximum atomic E-state index is 13.9. The van der Waals surface area contributed by atoms with Crippen LogP contribution in [0.3, 0.4) is 0 Å². The molecule has 6 heteroatoms. The smallest absolute Gasteiger partial charge is 0.144 e. The van der Waals surface area contributed by atoms with Crippen LogP contribution >= 0.6 is 28.1 Å². The molecule has 0 atom stereocenters. The second kappa shape index (κ2) is 6.03. The molecule has 1 aromatic rings. The van der Waals surface area contributed by atoms with Crippen LogP contribution < -0.4 is 5.73 Å². The van der Waals surface area contributed by atoms with Crippen LogP contribution in [0, 0.1) is 17.0 Å². The molecular weight excluding hydrogens is 346 g/mol. The molecule has 110 valence electrons. The minimum absolute atomic E-state index is 0.110. The second-order valence-corrected chi connectivity index (χ2v) is 6.82. The Bertz CT molecular complexity index is 528. The van der Waals surface area contributed by atoms with Crippen LogP contribution in [-0.2, 0) is 6.54 Å². The topological polar surface area (TPSA) is 29.3 Å². The van der Waals surface area contributed by atoms with Crippen molar-refractivity contribution in [3.63, 3.8) is 0 Å². The first kappa shape index (κ1) is 15.8. The Morgan fingerprint density at radius 2 is 2.00 bits per heavy atom. The first-order chi connectivity index (χ1) is 9.33. The molecule has 1 aromatic carbocycles. The number of nitrogens with two attached hydrogens (primary N) is 1. The van der Waals surface area contributed by atoms with E-state index in [1.807, 2.05) is 11.8 Å². The van der Waals surface area contributed by atoms with E-state index in [9.17, 15) is 8.78 Å². The molecule has 1 aliphatic rings. The van der Waals surface area contributed by atoms with Gasteiger partial charge < -0.3 is 5.73 Å². The quantitative estimate of drug-likeness (QED) is 0.657. The van der Waals surface area contributed by atoms with Crippen LogP contribution in [-0.4, -0.2) is 23.0 Å². The Balaban J connectivity index is 2.07. The van der Waals surface area contributed by atoms with Gasteiger partial charge in [0.05, 0.1) is 9.46 Å². The van der Waals surface area contributed by atoms with Crippen LogP contribution in [0.2, 0.25) is 0 Å². The number of rotatable bonds is 3. The summed E-state index contributed by atoms with van der Waals surface area (Å²) >= 11 is 8.18. The van der Waals surface area contributed by atoms with E-state index in [2.05, 4.69) is 15.9 Å². The second-order valence-electron chi connectivity index (χ2n) is 5.52. The zero-order chi connectivity index (χ0) is 14.9. The number of benzene rings is 1. The average molecular weight is 363 g/mol. The zero-order valence-electron chi connectivity index (χ0n) is 11.3. The number of halogens is 3. The zero-order valence-corrected chi connectivity index (χ0v) is 13.7. The summed E-state index contributed by atoms with van der Waals surface area (Å²) in [5.41, 5.74) is 5.73. The molecule has 1 heterocycles. The van der Waals surface area contributed by atoms with Crippen molar-refractivity contribution in [2.24, 2.45) is 11.1 Å². The summed E-state index contributed by atoms with van der Waals surface area (Å²) in [6.07, 6.45) is 1.64. The lowest BCUT2D eigenvalue weighted by atomic mass is 9.80. The molecule has 0 bridgehead atoms. The lowest BCUT2D eigenvalue weighted by Crippen LogP contribution is -2.44. The van der Waals surface area contributed by atoms with E-state index in [1.54, 1.807) is 0 Å². The third-order valence-corrected chi connectivity index (χ3v) is 5.18. The highest BCUT2D eigenvalue weighted by atomic mass is 79.9. The Kier molecular flexibility index (Phi) is 4.76. The van der Waals surface area contributed by atoms with E-state index >= 15 is 0 Å². The molecular formula is C14H17BrF2N2S. The molecule has 0 aromatic heterocycles. The maximum Gasteiger partial charge on any atom is 0.144 e. The highest BCUT2D eigenvalue weighted by molar-refractivity contribution is 9.10. The molecule has 2 N–H and O–H groups in total. The maximum absolute atomic E-state index is 13.9. The minimum Gasteiger partial charge on any atom is -0.393 e. The average Bonchev–Trinajstić information content (AvgIpc) is 2.41. The molecule has 0 saturated carbocycles. The molecule has 0 unspecified atom stereocenters. The van der Waals surface area contributed by atoms with E-state index in [0.717, 1.165) is 25.9 Å². The van der Waals surface area contributed by atoms with Crippen molar-refractivity contribution >= 4 is 33.1 Å². The SMILES string of the molecule is CC1(C(N)=S)CCN(Cc2c(F)ccc(Br)c2F)CC1. The highest BCUT2D eigenvalue weighted by Gasteiger charge is 2.33. The summed E-state index contributed by atoms with van der Waals surface area (Å²) in [5, 5.41) is 0. The van der Waals surface area contributed by atoms with Gasteiger partial charge in [-0.25, -0.2) is 8.78 Å². The van der Waals surface area contributed by atoms with Crippen molar-refractivity contribution in [1.29, 1.82) is 0 Å². The van der Waals surface area contributed by atoms with Crippen LogP contribution in [0.5, 0.6) is 0 Å². The molecule has 20 heavy (non-hydrogen) atoms. The van der Waals surface area contributed by atoms with E-state index in [-0.39, 0.29) is 17.5 Å². The number of hydrogen-bond acceptors (Lipinski definition) is 2. The Morgan fingerprint density at radius 3 is 2.55 bits per heavy atom. The lowest BCUT2D eigenvalue weighted by molar-refractivity contribution is 0.155. The Hall–Kier alpha value is -0.590. The monoisotopic (exact) mass is 362 g/mol. The van der Waals surface area contributed by atoms with Crippen molar-refractivity contribution in [2.45, 2.75) is 26.3 Å². The Labute approximate surface area is 131 Å². The Morgan fingerprint density at radius 1 is 1.40 bits per heavy atom. The predicted octanol–water partition coefficient (Wildman–Crippen LogP) is 3.62. The van der Waals surface area contributed by atoms with Crippen molar-refractivity contribution in [3.05, 3.63) is 33.8 Å². The standard InChI is InChI=1S/C14H17BrF2N2S/c1-14(13(18)20)4-6-19(7-5-14)8-9-11(16)3-2-10(15)12(9)17/h2-3H,4-8H2,1H3,(H2,18,20). The molecule has 1 saturated heterocycles. The lowest BCUT2D eigenvalue weighted by Gasteiger charge is -2.38. The van der Waals surface area contributed by atoms with Crippen LogP contribution in [0.4, 0.5) is 8.78 Å². The fourth-order valence-electron chi connectivity index (χ4n) is 2.39. The largest absolute Gasteiger partial charge is 0.393 e. The third-order valence-electron chi connectivity index (χ3n) is 4.08. The summed E-state index contributed by atoms with van der Waals surface area (Å²) in [7, 11) is 0. The van der Waals surface area contributed by atoms with Gasteiger partial charge in [0.2, 0.25) is 0 Å². The molecule has 0 radical (unpaired) electrons. The van der Waals surface area contributed by atoms with Crippen LogP contribution in [0.1, 0.15) is 25.3 Å². The van der Waals surface area contributed by atoms with Gasteiger partial charge in [-0.2, -0.15) is 0 Å². The number of thiocarbonyl (C=S) groups is 1. The van der Waals surface area contributed by atoms with Gasteiger partial charge in [-0.05, 0) is 54.0 Å². The van der Waals surface area contributed by atoms with E-state index < -0.39 is 11.6 Å². The molecule has 0 spiro atoms. The molecule has 0 aliphatic carbocycles. The fraction of sp³-hybridized carbons (Fsp3) is 0.500. The normalized spacial score (nSPS) is 19.0. The van der Waals surface area contributed by atoms with Crippen molar-refractivity contribution < 1.29 is 8.78 Å². The van der Waals surface area contributed by atoms with Crippen LogP contribution in [0.15, 0.2) is 16.6 Å². The summed E-state index contributed by atoms with van der Waals surface area (Å²) in [4.78, 5) is 2.56. The minimum atomic E-state index is -0.521. The number of hydrogen-bond donors (Lipinski definition) is 1. The van der Waals surface area contributed by atoms with Gasteiger partial charge in [-0.1, -0.05) is 19.1 Å². The van der Waals surface area contributed by atoms with Gasteiger partial charge in [-0.15, -0.1) is 0 Å². The van der Waals surface area contributed by atoms with E-state index in [4.69, 9.17) is 18.0 Å². The summed E-state index contributed by atoms with van der Waals surface area (Å²) in [6, 6.07) is 2.67. The fourth-order valence-corrected chi connectivity index (χ4v) is 2.96. The number of piperidine rings is 1. The van der Waals surface area contributed by atoms with Gasteiger partial charge in [0.25, 0.3) is 0 Å². The first-order valence-corrected chi connectivity index (χ1v) is 7.68.